The number of anilines is 1. The summed E-state index contributed by atoms with van der Waals surface area (Å²) in [6.45, 7) is 2.63. The van der Waals surface area contributed by atoms with Crippen molar-refractivity contribution < 1.29 is 4.74 Å². The summed E-state index contributed by atoms with van der Waals surface area (Å²) in [6.07, 6.45) is 3.70. The molecule has 1 unspecified atom stereocenters. The molecule has 1 aliphatic heterocycles. The smallest absolute Gasteiger partial charge is 0.226 e. The Kier molecular flexibility index (Phi) is 4.15. The van der Waals surface area contributed by atoms with Gasteiger partial charge in [0.05, 0.1) is 6.61 Å². The Hall–Kier alpha value is -2.79. The average molecular weight is 353 g/mol. The van der Waals surface area contributed by atoms with E-state index in [1.54, 1.807) is 6.33 Å². The minimum absolute atomic E-state index is 0.0439. The van der Waals surface area contributed by atoms with Gasteiger partial charge < -0.3 is 10.1 Å². The molecule has 0 amide bonds. The summed E-state index contributed by atoms with van der Waals surface area (Å²) in [5.41, 5.74) is 3.15. The first-order valence-corrected chi connectivity index (χ1v) is 8.49. The number of hydrogen-bond acceptors (Lipinski definition) is 4. The molecule has 0 radical (unpaired) electrons. The van der Waals surface area contributed by atoms with E-state index in [0.717, 1.165) is 22.6 Å². The van der Waals surface area contributed by atoms with Crippen molar-refractivity contribution in [2.24, 2.45) is 0 Å². The predicted octanol–water partition coefficient (Wildman–Crippen LogP) is 4.39. The van der Waals surface area contributed by atoms with Gasteiger partial charge in [0.25, 0.3) is 0 Å². The maximum absolute atomic E-state index is 6.02. The highest BCUT2D eigenvalue weighted by Gasteiger charge is 2.23. The van der Waals surface area contributed by atoms with E-state index in [9.17, 15) is 0 Å². The lowest BCUT2D eigenvalue weighted by atomic mass is 10.0. The van der Waals surface area contributed by atoms with E-state index < -0.39 is 0 Å². The molecule has 2 heterocycles. The van der Waals surface area contributed by atoms with Gasteiger partial charge >= 0.3 is 0 Å². The number of nitrogens with one attached hydrogen (secondary N) is 1. The second-order valence-electron chi connectivity index (χ2n) is 5.69. The molecule has 6 heteroatoms. The van der Waals surface area contributed by atoms with Crippen LogP contribution in [0.15, 0.2) is 60.9 Å². The zero-order valence-electron chi connectivity index (χ0n) is 13.7. The van der Waals surface area contributed by atoms with Crippen molar-refractivity contribution in [2.45, 2.75) is 13.0 Å². The van der Waals surface area contributed by atoms with Gasteiger partial charge in [0.2, 0.25) is 5.95 Å². The lowest BCUT2D eigenvalue weighted by Crippen LogP contribution is -2.20. The van der Waals surface area contributed by atoms with Gasteiger partial charge in [-0.2, -0.15) is 10.1 Å². The van der Waals surface area contributed by atoms with Crippen LogP contribution >= 0.6 is 11.6 Å². The highest BCUT2D eigenvalue weighted by molar-refractivity contribution is 6.30. The Balaban J connectivity index is 1.72. The van der Waals surface area contributed by atoms with Gasteiger partial charge in [-0.3, -0.25) is 0 Å². The largest absolute Gasteiger partial charge is 0.494 e. The Morgan fingerprint density at radius 2 is 1.88 bits per heavy atom. The molecule has 1 aromatic heterocycles. The van der Waals surface area contributed by atoms with Crippen LogP contribution in [0.1, 0.15) is 24.1 Å². The third-order valence-corrected chi connectivity index (χ3v) is 4.35. The number of halogens is 1. The molecular formula is C19H17ClN4O. The summed E-state index contributed by atoms with van der Waals surface area (Å²) in [5, 5.41) is 8.40. The summed E-state index contributed by atoms with van der Waals surface area (Å²) in [6, 6.07) is 15.8. The van der Waals surface area contributed by atoms with E-state index in [4.69, 9.17) is 16.3 Å². The minimum atomic E-state index is -0.0439. The van der Waals surface area contributed by atoms with E-state index >= 15 is 0 Å². The summed E-state index contributed by atoms with van der Waals surface area (Å²) < 4.78 is 7.38. The topological polar surface area (TPSA) is 52.0 Å². The van der Waals surface area contributed by atoms with Crippen LogP contribution in [-0.4, -0.2) is 21.4 Å². The van der Waals surface area contributed by atoms with Crippen LogP contribution in [0.3, 0.4) is 0 Å². The Bertz CT molecular complexity index is 900. The number of ether oxygens (including phenoxy) is 1. The number of allylic oxidation sites excluding steroid dienone is 1. The highest BCUT2D eigenvalue weighted by Crippen LogP contribution is 2.32. The van der Waals surface area contributed by atoms with Crippen LogP contribution < -0.4 is 10.1 Å². The SMILES string of the molecule is CCOc1ccc(C2=CC(c3ccc(Cl)cc3)n3ncnc3N2)cc1. The lowest BCUT2D eigenvalue weighted by molar-refractivity contribution is 0.340. The van der Waals surface area contributed by atoms with Gasteiger partial charge in [-0.1, -0.05) is 23.7 Å². The van der Waals surface area contributed by atoms with Gasteiger partial charge in [0.15, 0.2) is 0 Å². The third-order valence-electron chi connectivity index (χ3n) is 4.10. The van der Waals surface area contributed by atoms with Crippen molar-refractivity contribution in [1.29, 1.82) is 0 Å². The summed E-state index contributed by atoms with van der Waals surface area (Å²) >= 11 is 6.02. The molecule has 0 spiro atoms. The number of hydrogen-bond donors (Lipinski definition) is 1. The molecule has 0 aliphatic carbocycles. The molecule has 1 N–H and O–H groups in total. The Morgan fingerprint density at radius 1 is 1.12 bits per heavy atom. The summed E-state index contributed by atoms with van der Waals surface area (Å²) in [5.74, 6) is 1.58. The number of benzene rings is 2. The summed E-state index contributed by atoms with van der Waals surface area (Å²) in [7, 11) is 0. The van der Waals surface area contributed by atoms with Crippen LogP contribution in [0.2, 0.25) is 5.02 Å². The normalized spacial score (nSPS) is 15.9. The molecule has 0 fully saturated rings. The van der Waals surface area contributed by atoms with Crippen molar-refractivity contribution in [3.8, 4) is 5.75 Å². The first-order chi connectivity index (χ1) is 12.2. The zero-order chi connectivity index (χ0) is 17.2. The minimum Gasteiger partial charge on any atom is -0.494 e. The Labute approximate surface area is 150 Å². The fraction of sp³-hybridized carbons (Fsp3) is 0.158. The van der Waals surface area contributed by atoms with Crippen molar-refractivity contribution >= 4 is 23.2 Å². The molecule has 25 heavy (non-hydrogen) atoms. The van der Waals surface area contributed by atoms with Crippen LogP contribution in [0.25, 0.3) is 5.70 Å². The van der Waals surface area contributed by atoms with Crippen molar-refractivity contribution in [3.05, 3.63) is 77.1 Å². The zero-order valence-corrected chi connectivity index (χ0v) is 14.4. The van der Waals surface area contributed by atoms with E-state index in [-0.39, 0.29) is 6.04 Å². The second-order valence-corrected chi connectivity index (χ2v) is 6.12. The fourth-order valence-corrected chi connectivity index (χ4v) is 3.02. The molecule has 1 aliphatic rings. The molecule has 5 nitrogen and oxygen atoms in total. The lowest BCUT2D eigenvalue weighted by Gasteiger charge is -2.24. The Morgan fingerprint density at radius 3 is 2.60 bits per heavy atom. The van der Waals surface area contributed by atoms with Gasteiger partial charge in [-0.15, -0.1) is 0 Å². The van der Waals surface area contributed by atoms with E-state index in [1.807, 2.05) is 60.1 Å². The van der Waals surface area contributed by atoms with Crippen LogP contribution in [0, 0.1) is 0 Å². The maximum Gasteiger partial charge on any atom is 0.226 e. The van der Waals surface area contributed by atoms with Gasteiger partial charge in [-0.05, 0) is 60.5 Å². The number of fused-ring (bicyclic) bond motifs is 1. The quantitative estimate of drug-likeness (QED) is 0.756. The van der Waals surface area contributed by atoms with E-state index in [2.05, 4.69) is 21.5 Å². The molecular weight excluding hydrogens is 336 g/mol. The molecule has 0 bridgehead atoms. The number of rotatable bonds is 4. The molecule has 4 rings (SSSR count). The molecule has 2 aromatic carbocycles. The fourth-order valence-electron chi connectivity index (χ4n) is 2.90. The van der Waals surface area contributed by atoms with E-state index in [0.29, 0.717) is 17.6 Å². The standard InChI is InChI=1S/C19H17ClN4O/c1-2-25-16-9-5-13(6-10-16)17-11-18(14-3-7-15(20)8-4-14)24-19(23-17)21-12-22-24/h3-12,18H,2H2,1H3,(H,21,22,23). The van der Waals surface area contributed by atoms with Crippen LogP contribution in [0.5, 0.6) is 5.75 Å². The monoisotopic (exact) mass is 352 g/mol. The number of aromatic nitrogens is 3. The first-order valence-electron chi connectivity index (χ1n) is 8.11. The van der Waals surface area contributed by atoms with Crippen molar-refractivity contribution in [3.63, 3.8) is 0 Å². The number of nitrogens with zero attached hydrogens (tertiary/aromatic N) is 3. The van der Waals surface area contributed by atoms with Crippen LogP contribution in [-0.2, 0) is 0 Å². The molecule has 0 saturated heterocycles. The van der Waals surface area contributed by atoms with Crippen molar-refractivity contribution in [2.75, 3.05) is 11.9 Å². The average Bonchev–Trinajstić information content (AvgIpc) is 3.11. The summed E-state index contributed by atoms with van der Waals surface area (Å²) in [4.78, 5) is 4.32. The van der Waals surface area contributed by atoms with E-state index in [1.165, 1.54) is 0 Å². The predicted molar refractivity (Wildman–Crippen MR) is 98.8 cm³/mol. The van der Waals surface area contributed by atoms with Crippen molar-refractivity contribution in [1.82, 2.24) is 14.8 Å². The van der Waals surface area contributed by atoms with Gasteiger partial charge in [-0.25, -0.2) is 4.68 Å². The molecule has 0 saturated carbocycles. The van der Waals surface area contributed by atoms with Gasteiger partial charge in [0.1, 0.15) is 18.1 Å². The third kappa shape index (κ3) is 3.10. The van der Waals surface area contributed by atoms with Crippen LogP contribution in [0.4, 0.5) is 5.95 Å². The first kappa shape index (κ1) is 15.7. The molecule has 3 aromatic rings. The highest BCUT2D eigenvalue weighted by atomic mass is 35.5. The second kappa shape index (κ2) is 6.61. The molecule has 126 valence electrons. The maximum atomic E-state index is 6.02. The molecule has 1 atom stereocenters. The van der Waals surface area contributed by atoms with Gasteiger partial charge in [0, 0.05) is 10.7 Å².